The number of carboxylic acids is 1. The molecule has 132 valence electrons. The van der Waals surface area contributed by atoms with Gasteiger partial charge in [-0.05, 0) is 56.9 Å². The molecule has 1 aliphatic carbocycles. The minimum Gasteiger partial charge on any atom is -0.481 e. The summed E-state index contributed by atoms with van der Waals surface area (Å²) in [5.41, 5.74) is 2.09. The summed E-state index contributed by atoms with van der Waals surface area (Å²) in [5, 5.41) is 15.9. The third-order valence-electron chi connectivity index (χ3n) is 4.62. The van der Waals surface area contributed by atoms with Gasteiger partial charge in [-0.25, -0.2) is 9.07 Å². The number of halogens is 1. The molecule has 1 amide bonds. The second-order valence-electron chi connectivity index (χ2n) is 6.52. The summed E-state index contributed by atoms with van der Waals surface area (Å²) < 4.78 is 16.0. The largest absolute Gasteiger partial charge is 0.481 e. The van der Waals surface area contributed by atoms with Gasteiger partial charge in [0.1, 0.15) is 11.5 Å². The van der Waals surface area contributed by atoms with Crippen LogP contribution in [0.4, 0.5) is 4.39 Å². The van der Waals surface area contributed by atoms with Crippen LogP contribution in [0.3, 0.4) is 0 Å². The lowest BCUT2D eigenvalue weighted by Gasteiger charge is -2.36. The highest BCUT2D eigenvalue weighted by atomic mass is 19.1. The van der Waals surface area contributed by atoms with Crippen LogP contribution in [0.15, 0.2) is 24.3 Å². The molecule has 7 heteroatoms. The normalized spacial score (nSPS) is 19.3. The van der Waals surface area contributed by atoms with Gasteiger partial charge < -0.3 is 10.4 Å². The molecule has 1 aliphatic rings. The predicted octanol–water partition coefficient (Wildman–Crippen LogP) is 2.61. The Kier molecular flexibility index (Phi) is 4.57. The van der Waals surface area contributed by atoms with E-state index in [2.05, 4.69) is 10.4 Å². The van der Waals surface area contributed by atoms with Crippen molar-refractivity contribution in [3.63, 3.8) is 0 Å². The number of rotatable bonds is 5. The predicted molar refractivity (Wildman–Crippen MR) is 89.2 cm³/mol. The van der Waals surface area contributed by atoms with Gasteiger partial charge in [-0.15, -0.1) is 0 Å². The molecule has 25 heavy (non-hydrogen) atoms. The van der Waals surface area contributed by atoms with Crippen LogP contribution >= 0.6 is 0 Å². The van der Waals surface area contributed by atoms with Gasteiger partial charge in [0.05, 0.1) is 12.1 Å². The number of carboxylic acid groups (broad SMARTS) is 1. The SMILES string of the molecule is Cc1cc(C)n(-c2ccc(C(=O)NC3CCC3CC(=O)O)cc2F)n1. The summed E-state index contributed by atoms with van der Waals surface area (Å²) in [6.45, 7) is 3.66. The maximum absolute atomic E-state index is 14.4. The van der Waals surface area contributed by atoms with Crippen LogP contribution in [0.1, 0.15) is 41.0 Å². The number of hydrogen-bond donors (Lipinski definition) is 2. The van der Waals surface area contributed by atoms with Crippen LogP contribution in [0, 0.1) is 25.6 Å². The minimum atomic E-state index is -0.871. The molecule has 0 radical (unpaired) electrons. The second-order valence-corrected chi connectivity index (χ2v) is 6.52. The smallest absolute Gasteiger partial charge is 0.303 e. The Morgan fingerprint density at radius 3 is 2.60 bits per heavy atom. The zero-order valence-electron chi connectivity index (χ0n) is 14.1. The highest BCUT2D eigenvalue weighted by molar-refractivity contribution is 5.94. The van der Waals surface area contributed by atoms with Crippen LogP contribution in [-0.4, -0.2) is 32.8 Å². The van der Waals surface area contributed by atoms with Crippen molar-refractivity contribution in [2.75, 3.05) is 0 Å². The van der Waals surface area contributed by atoms with Gasteiger partial charge >= 0.3 is 5.97 Å². The number of nitrogens with one attached hydrogen (secondary N) is 1. The highest BCUT2D eigenvalue weighted by Gasteiger charge is 2.33. The summed E-state index contributed by atoms with van der Waals surface area (Å²) in [6.07, 6.45) is 1.56. The molecule has 1 fully saturated rings. The molecule has 2 aromatic rings. The first-order valence-electron chi connectivity index (χ1n) is 8.21. The number of amides is 1. The Balaban J connectivity index is 1.73. The van der Waals surface area contributed by atoms with Crippen molar-refractivity contribution < 1.29 is 19.1 Å². The lowest BCUT2D eigenvalue weighted by atomic mass is 9.77. The van der Waals surface area contributed by atoms with Gasteiger partial charge in [0.2, 0.25) is 0 Å². The molecule has 2 atom stereocenters. The molecule has 0 spiro atoms. The topological polar surface area (TPSA) is 84.2 Å². The number of carbonyl (C=O) groups is 2. The number of aliphatic carboxylic acids is 1. The molecular formula is C18H20FN3O3. The van der Waals surface area contributed by atoms with Crippen molar-refractivity contribution in [3.8, 4) is 5.69 Å². The van der Waals surface area contributed by atoms with Crippen molar-refractivity contribution in [2.24, 2.45) is 5.92 Å². The maximum Gasteiger partial charge on any atom is 0.303 e. The molecule has 3 rings (SSSR count). The first kappa shape index (κ1) is 17.1. The summed E-state index contributed by atoms with van der Waals surface area (Å²) in [6, 6.07) is 5.95. The third kappa shape index (κ3) is 3.55. The van der Waals surface area contributed by atoms with Crippen molar-refractivity contribution in [3.05, 3.63) is 47.0 Å². The lowest BCUT2D eigenvalue weighted by Crippen LogP contribution is -2.47. The number of carbonyl (C=O) groups excluding carboxylic acids is 1. The summed E-state index contributed by atoms with van der Waals surface area (Å²) >= 11 is 0. The van der Waals surface area contributed by atoms with Gasteiger partial charge in [0.15, 0.2) is 0 Å². The fourth-order valence-electron chi connectivity index (χ4n) is 3.17. The van der Waals surface area contributed by atoms with E-state index in [1.54, 1.807) is 6.07 Å². The van der Waals surface area contributed by atoms with Crippen LogP contribution in [0.5, 0.6) is 0 Å². The van der Waals surface area contributed by atoms with Crippen molar-refractivity contribution in [1.29, 1.82) is 0 Å². The fraction of sp³-hybridized carbons (Fsp3) is 0.389. The van der Waals surface area contributed by atoms with E-state index in [0.717, 1.165) is 24.2 Å². The van der Waals surface area contributed by atoms with E-state index in [-0.39, 0.29) is 35.5 Å². The molecular weight excluding hydrogens is 325 g/mol. The molecule has 2 unspecified atom stereocenters. The van der Waals surface area contributed by atoms with E-state index >= 15 is 0 Å². The average molecular weight is 345 g/mol. The van der Waals surface area contributed by atoms with Gasteiger partial charge in [-0.1, -0.05) is 0 Å². The zero-order valence-corrected chi connectivity index (χ0v) is 14.1. The fourth-order valence-corrected chi connectivity index (χ4v) is 3.17. The van der Waals surface area contributed by atoms with E-state index in [9.17, 15) is 14.0 Å². The van der Waals surface area contributed by atoms with Crippen molar-refractivity contribution in [2.45, 2.75) is 39.2 Å². The number of aromatic nitrogens is 2. The van der Waals surface area contributed by atoms with E-state index in [4.69, 9.17) is 5.11 Å². The standard InChI is InChI=1S/C18H20FN3O3/c1-10-7-11(2)22(21-10)16-6-4-13(8-14(16)19)18(25)20-15-5-3-12(15)9-17(23)24/h4,6-8,12,15H,3,5,9H2,1-2H3,(H,20,25)(H,23,24). The molecule has 1 heterocycles. The molecule has 1 aromatic heterocycles. The summed E-state index contributed by atoms with van der Waals surface area (Å²) in [5.74, 6) is -1.85. The molecule has 0 bridgehead atoms. The molecule has 0 saturated heterocycles. The van der Waals surface area contributed by atoms with Crippen LogP contribution < -0.4 is 5.32 Å². The molecule has 0 aliphatic heterocycles. The van der Waals surface area contributed by atoms with E-state index in [1.807, 2.05) is 19.9 Å². The van der Waals surface area contributed by atoms with E-state index in [1.165, 1.54) is 16.8 Å². The molecule has 1 saturated carbocycles. The van der Waals surface area contributed by atoms with Gasteiger partial charge in [0.25, 0.3) is 5.91 Å². The number of nitrogens with zero attached hydrogens (tertiary/aromatic N) is 2. The monoisotopic (exact) mass is 345 g/mol. The molecule has 2 N–H and O–H groups in total. The van der Waals surface area contributed by atoms with Crippen LogP contribution in [0.2, 0.25) is 0 Å². The van der Waals surface area contributed by atoms with E-state index < -0.39 is 11.8 Å². The number of hydrogen-bond acceptors (Lipinski definition) is 3. The Hall–Kier alpha value is -2.70. The van der Waals surface area contributed by atoms with E-state index in [0.29, 0.717) is 0 Å². The van der Waals surface area contributed by atoms with Gasteiger partial charge in [-0.2, -0.15) is 5.10 Å². The third-order valence-corrected chi connectivity index (χ3v) is 4.62. The Morgan fingerprint density at radius 1 is 1.32 bits per heavy atom. The Labute approximate surface area is 144 Å². The zero-order chi connectivity index (χ0) is 18.1. The first-order valence-corrected chi connectivity index (χ1v) is 8.21. The molecule has 1 aromatic carbocycles. The first-order chi connectivity index (χ1) is 11.8. The van der Waals surface area contributed by atoms with Crippen LogP contribution in [-0.2, 0) is 4.79 Å². The molecule has 6 nitrogen and oxygen atoms in total. The minimum absolute atomic E-state index is 0.0379. The number of aryl methyl sites for hydroxylation is 2. The summed E-state index contributed by atoms with van der Waals surface area (Å²) in [7, 11) is 0. The number of benzene rings is 1. The highest BCUT2D eigenvalue weighted by Crippen LogP contribution is 2.30. The Morgan fingerprint density at radius 2 is 2.08 bits per heavy atom. The Bertz CT molecular complexity index is 831. The lowest BCUT2D eigenvalue weighted by molar-refractivity contribution is -0.139. The van der Waals surface area contributed by atoms with Gasteiger partial charge in [-0.3, -0.25) is 9.59 Å². The maximum atomic E-state index is 14.4. The van der Waals surface area contributed by atoms with Gasteiger partial charge in [0, 0.05) is 17.3 Å². The summed E-state index contributed by atoms with van der Waals surface area (Å²) in [4.78, 5) is 23.1. The average Bonchev–Trinajstić information content (AvgIpc) is 2.87. The van der Waals surface area contributed by atoms with Crippen molar-refractivity contribution >= 4 is 11.9 Å². The second kappa shape index (κ2) is 6.66. The van der Waals surface area contributed by atoms with Crippen LogP contribution in [0.25, 0.3) is 5.69 Å². The van der Waals surface area contributed by atoms with Crippen molar-refractivity contribution in [1.82, 2.24) is 15.1 Å². The quantitative estimate of drug-likeness (QED) is 0.872.